The van der Waals surface area contributed by atoms with Crippen molar-refractivity contribution in [3.05, 3.63) is 63.7 Å². The molecule has 0 aromatic heterocycles. The molecule has 0 N–H and O–H groups in total. The fraction of sp³-hybridized carbons (Fsp3) is 0.250. The number of hydrogen-bond donors (Lipinski definition) is 0. The molecule has 1 nitrogen and oxygen atoms in total. The van der Waals surface area contributed by atoms with Crippen LogP contribution in [0, 0.1) is 13.8 Å². The van der Waals surface area contributed by atoms with Crippen LogP contribution in [0.1, 0.15) is 27.6 Å². The molecule has 2 aromatic carbocycles. The second-order valence-electron chi connectivity index (χ2n) is 4.62. The summed E-state index contributed by atoms with van der Waals surface area (Å²) in [6.07, 6.45) is 0. The highest BCUT2D eigenvalue weighted by atomic mass is 35.5. The minimum absolute atomic E-state index is 0.245. The van der Waals surface area contributed by atoms with Crippen LogP contribution >= 0.6 is 23.2 Å². The number of ether oxygens (including phenoxy) is 1. The van der Waals surface area contributed by atoms with Gasteiger partial charge in [0.25, 0.3) is 0 Å². The highest BCUT2D eigenvalue weighted by Crippen LogP contribution is 2.36. The molecule has 1 atom stereocenters. The largest absolute Gasteiger partial charge is 0.496 e. The van der Waals surface area contributed by atoms with E-state index in [0.29, 0.717) is 0 Å². The Balaban J connectivity index is 2.45. The van der Waals surface area contributed by atoms with Crippen molar-refractivity contribution >= 4 is 23.2 Å². The van der Waals surface area contributed by atoms with Crippen LogP contribution in [0.2, 0.25) is 5.02 Å². The Bertz CT molecular complexity index is 593. The first-order valence-electron chi connectivity index (χ1n) is 6.07. The van der Waals surface area contributed by atoms with Gasteiger partial charge in [-0.2, -0.15) is 0 Å². The number of halogens is 2. The Morgan fingerprint density at radius 1 is 1.05 bits per heavy atom. The van der Waals surface area contributed by atoms with Crippen molar-refractivity contribution in [3.8, 4) is 5.75 Å². The summed E-state index contributed by atoms with van der Waals surface area (Å²) in [6, 6.07) is 11.9. The molecule has 100 valence electrons. The van der Waals surface area contributed by atoms with Gasteiger partial charge in [-0.1, -0.05) is 41.4 Å². The van der Waals surface area contributed by atoms with E-state index in [-0.39, 0.29) is 5.38 Å². The lowest BCUT2D eigenvalue weighted by Crippen LogP contribution is -1.98. The summed E-state index contributed by atoms with van der Waals surface area (Å²) < 4.78 is 5.39. The Kier molecular flexibility index (Phi) is 4.38. The first kappa shape index (κ1) is 14.2. The van der Waals surface area contributed by atoms with Gasteiger partial charge in [-0.25, -0.2) is 0 Å². The monoisotopic (exact) mass is 294 g/mol. The minimum Gasteiger partial charge on any atom is -0.496 e. The van der Waals surface area contributed by atoms with Gasteiger partial charge < -0.3 is 4.74 Å². The third-order valence-electron chi connectivity index (χ3n) is 3.13. The fourth-order valence-electron chi connectivity index (χ4n) is 2.06. The molecule has 2 rings (SSSR count). The molecule has 1 unspecified atom stereocenters. The van der Waals surface area contributed by atoms with E-state index >= 15 is 0 Å². The lowest BCUT2D eigenvalue weighted by Gasteiger charge is -2.16. The zero-order valence-corrected chi connectivity index (χ0v) is 12.7. The molecule has 0 spiro atoms. The van der Waals surface area contributed by atoms with Gasteiger partial charge in [0.1, 0.15) is 5.75 Å². The predicted molar refractivity (Wildman–Crippen MR) is 81.6 cm³/mol. The second kappa shape index (κ2) is 5.85. The normalized spacial score (nSPS) is 12.3. The first-order chi connectivity index (χ1) is 9.02. The summed E-state index contributed by atoms with van der Waals surface area (Å²) in [5.41, 5.74) is 4.18. The maximum absolute atomic E-state index is 6.59. The van der Waals surface area contributed by atoms with E-state index in [1.165, 1.54) is 0 Å². The molecule has 0 fully saturated rings. The van der Waals surface area contributed by atoms with Crippen molar-refractivity contribution in [2.45, 2.75) is 19.2 Å². The van der Waals surface area contributed by atoms with E-state index in [2.05, 4.69) is 6.07 Å². The number of hydrogen-bond acceptors (Lipinski definition) is 1. The molecule has 0 saturated heterocycles. The van der Waals surface area contributed by atoms with E-state index in [4.69, 9.17) is 27.9 Å². The summed E-state index contributed by atoms with van der Waals surface area (Å²) in [6.45, 7) is 4.02. The highest BCUT2D eigenvalue weighted by Gasteiger charge is 2.16. The quantitative estimate of drug-likeness (QED) is 0.699. The molecule has 0 aliphatic rings. The first-order valence-corrected chi connectivity index (χ1v) is 6.89. The predicted octanol–water partition coefficient (Wildman–Crippen LogP) is 5.29. The highest BCUT2D eigenvalue weighted by molar-refractivity contribution is 6.31. The molecule has 0 heterocycles. The van der Waals surface area contributed by atoms with Crippen molar-refractivity contribution < 1.29 is 4.74 Å². The second-order valence-corrected chi connectivity index (χ2v) is 5.46. The van der Waals surface area contributed by atoms with Gasteiger partial charge in [-0.05, 0) is 37.1 Å². The van der Waals surface area contributed by atoms with Crippen molar-refractivity contribution in [2.24, 2.45) is 0 Å². The van der Waals surface area contributed by atoms with Gasteiger partial charge in [0.05, 0.1) is 12.5 Å². The molecule has 0 amide bonds. The van der Waals surface area contributed by atoms with Crippen LogP contribution in [-0.2, 0) is 0 Å². The van der Waals surface area contributed by atoms with Crippen molar-refractivity contribution in [2.75, 3.05) is 7.11 Å². The van der Waals surface area contributed by atoms with Gasteiger partial charge in [-0.15, -0.1) is 11.6 Å². The lowest BCUT2D eigenvalue weighted by atomic mass is 10.00. The standard InChI is InChI=1S/C16H16Cl2O/c1-10-4-7-15(19-3)13(8-10)16(18)12-5-6-14(17)11(2)9-12/h4-9,16H,1-3H3. The van der Waals surface area contributed by atoms with E-state index in [9.17, 15) is 0 Å². The van der Waals surface area contributed by atoms with Crippen LogP contribution < -0.4 is 4.74 Å². The summed E-state index contributed by atoms with van der Waals surface area (Å²) in [5.74, 6) is 0.804. The van der Waals surface area contributed by atoms with Gasteiger partial charge >= 0.3 is 0 Å². The van der Waals surface area contributed by atoms with E-state index in [0.717, 1.165) is 33.0 Å². The van der Waals surface area contributed by atoms with Crippen LogP contribution in [0.5, 0.6) is 5.75 Å². The zero-order valence-electron chi connectivity index (χ0n) is 11.2. The SMILES string of the molecule is COc1ccc(C)cc1C(Cl)c1ccc(Cl)c(C)c1. The maximum Gasteiger partial charge on any atom is 0.123 e. The zero-order chi connectivity index (χ0) is 14.0. The lowest BCUT2D eigenvalue weighted by molar-refractivity contribution is 0.410. The summed E-state index contributed by atoms with van der Waals surface area (Å²) in [7, 11) is 1.66. The van der Waals surface area contributed by atoms with E-state index in [1.807, 2.05) is 44.2 Å². The number of benzene rings is 2. The molecule has 0 saturated carbocycles. The Hall–Kier alpha value is -1.18. The van der Waals surface area contributed by atoms with E-state index < -0.39 is 0 Å². The average Bonchev–Trinajstić information content (AvgIpc) is 2.41. The number of methoxy groups -OCH3 is 1. The van der Waals surface area contributed by atoms with Crippen molar-refractivity contribution in [3.63, 3.8) is 0 Å². The average molecular weight is 295 g/mol. The van der Waals surface area contributed by atoms with Crippen LogP contribution in [0.15, 0.2) is 36.4 Å². The molecule has 2 aromatic rings. The summed E-state index contributed by atoms with van der Waals surface area (Å²) in [5, 5.41) is 0.509. The minimum atomic E-state index is -0.245. The van der Waals surface area contributed by atoms with E-state index in [1.54, 1.807) is 7.11 Å². The number of alkyl halides is 1. The molecular weight excluding hydrogens is 279 g/mol. The summed E-state index contributed by atoms with van der Waals surface area (Å²) >= 11 is 12.6. The molecule has 3 heteroatoms. The van der Waals surface area contributed by atoms with Gasteiger partial charge in [0.15, 0.2) is 0 Å². The molecule has 0 radical (unpaired) electrons. The van der Waals surface area contributed by atoms with Crippen molar-refractivity contribution in [1.82, 2.24) is 0 Å². The van der Waals surface area contributed by atoms with Gasteiger partial charge in [0.2, 0.25) is 0 Å². The smallest absolute Gasteiger partial charge is 0.123 e. The van der Waals surface area contributed by atoms with Gasteiger partial charge in [-0.3, -0.25) is 0 Å². The number of aryl methyl sites for hydroxylation is 2. The number of rotatable bonds is 3. The van der Waals surface area contributed by atoms with Crippen LogP contribution in [-0.4, -0.2) is 7.11 Å². The molecule has 0 aliphatic carbocycles. The Labute approximate surface area is 124 Å². The molecule has 0 bridgehead atoms. The van der Waals surface area contributed by atoms with Crippen LogP contribution in [0.3, 0.4) is 0 Å². The fourth-order valence-corrected chi connectivity index (χ4v) is 2.48. The Morgan fingerprint density at radius 2 is 1.79 bits per heavy atom. The van der Waals surface area contributed by atoms with Gasteiger partial charge in [0, 0.05) is 10.6 Å². The van der Waals surface area contributed by atoms with Crippen LogP contribution in [0.25, 0.3) is 0 Å². The summed E-state index contributed by atoms with van der Waals surface area (Å²) in [4.78, 5) is 0. The molecule has 0 aliphatic heterocycles. The topological polar surface area (TPSA) is 9.23 Å². The van der Waals surface area contributed by atoms with Crippen LogP contribution in [0.4, 0.5) is 0 Å². The Morgan fingerprint density at radius 3 is 2.42 bits per heavy atom. The maximum atomic E-state index is 6.59. The third-order valence-corrected chi connectivity index (χ3v) is 4.04. The van der Waals surface area contributed by atoms with Crippen molar-refractivity contribution in [1.29, 1.82) is 0 Å². The molecular formula is C16H16Cl2O. The third kappa shape index (κ3) is 3.05. The molecule has 19 heavy (non-hydrogen) atoms.